The van der Waals surface area contributed by atoms with E-state index in [0.29, 0.717) is 0 Å². The molecule has 1 heteroatoms. The van der Waals surface area contributed by atoms with Crippen molar-refractivity contribution in [3.8, 4) is 55.8 Å². The molecule has 0 radical (unpaired) electrons. The third-order valence-electron chi connectivity index (χ3n) is 11.4. The lowest BCUT2D eigenvalue weighted by atomic mass is 9.85. The number of pyridine rings is 1. The van der Waals surface area contributed by atoms with Crippen molar-refractivity contribution >= 4 is 54.0 Å². The quantitative estimate of drug-likeness (QED) is 0.128. The Morgan fingerprint density at radius 3 is 1.38 bits per heavy atom. The van der Waals surface area contributed by atoms with Crippen LogP contribution in [-0.4, -0.2) is 4.98 Å². The normalized spacial score (nSPS) is 11.6. The highest BCUT2D eigenvalue weighted by molar-refractivity contribution is 6.22. The summed E-state index contributed by atoms with van der Waals surface area (Å²) in [7, 11) is 0. The van der Waals surface area contributed by atoms with Crippen molar-refractivity contribution in [2.75, 3.05) is 0 Å². The summed E-state index contributed by atoms with van der Waals surface area (Å²) in [5.41, 5.74) is 12.9. The molecule has 0 saturated heterocycles. The summed E-state index contributed by atoms with van der Waals surface area (Å²) in [5.74, 6) is 0. The summed E-state index contributed by atoms with van der Waals surface area (Å²) in [5, 5.41) is 11.2. The fraction of sp³-hybridized carbons (Fsp3) is 0. The first-order chi connectivity index (χ1) is 27.8. The molecule has 0 amide bonds. The van der Waals surface area contributed by atoms with Crippen LogP contribution in [-0.2, 0) is 0 Å². The summed E-state index contributed by atoms with van der Waals surface area (Å²) in [6.45, 7) is 0. The fourth-order valence-electron chi connectivity index (χ4n) is 8.76. The summed E-state index contributed by atoms with van der Waals surface area (Å²) < 4.78 is 0. The molecular formula is C55H35N. The molecule has 0 N–H and O–H groups in total. The number of fused-ring (bicyclic) bond motifs is 6. The molecule has 0 atom stereocenters. The van der Waals surface area contributed by atoms with Crippen molar-refractivity contribution in [1.29, 1.82) is 0 Å². The van der Waals surface area contributed by atoms with Crippen molar-refractivity contribution in [3.63, 3.8) is 0 Å². The van der Waals surface area contributed by atoms with Gasteiger partial charge in [-0.2, -0.15) is 0 Å². The van der Waals surface area contributed by atoms with E-state index in [4.69, 9.17) is 4.98 Å². The minimum atomic E-state index is 0.980. The number of benzene rings is 10. The Labute approximate surface area is 325 Å². The Morgan fingerprint density at radius 1 is 0.268 bits per heavy atom. The Bertz CT molecular complexity index is 3210. The van der Waals surface area contributed by atoms with E-state index in [0.717, 1.165) is 16.8 Å². The lowest BCUT2D eigenvalue weighted by molar-refractivity contribution is 1.40. The number of rotatable bonds is 5. The molecule has 10 aromatic carbocycles. The molecule has 1 nitrogen and oxygen atoms in total. The molecule has 0 aliphatic carbocycles. The van der Waals surface area contributed by atoms with Gasteiger partial charge < -0.3 is 0 Å². The van der Waals surface area contributed by atoms with Gasteiger partial charge in [0.1, 0.15) is 0 Å². The highest BCUT2D eigenvalue weighted by atomic mass is 14.7. The van der Waals surface area contributed by atoms with Gasteiger partial charge in [-0.05, 0) is 106 Å². The van der Waals surface area contributed by atoms with Crippen molar-refractivity contribution in [1.82, 2.24) is 4.98 Å². The third kappa shape index (κ3) is 5.36. The Hall–Kier alpha value is -7.35. The summed E-state index contributed by atoms with van der Waals surface area (Å²) >= 11 is 0. The van der Waals surface area contributed by atoms with Crippen LogP contribution in [0.15, 0.2) is 212 Å². The highest BCUT2D eigenvalue weighted by Gasteiger charge is 2.17. The summed E-state index contributed by atoms with van der Waals surface area (Å²) in [4.78, 5) is 5.15. The van der Waals surface area contributed by atoms with Gasteiger partial charge >= 0.3 is 0 Å². The lowest BCUT2D eigenvalue weighted by Gasteiger charge is -2.18. The molecule has 260 valence electrons. The van der Waals surface area contributed by atoms with E-state index >= 15 is 0 Å². The average Bonchev–Trinajstić information content (AvgIpc) is 3.28. The molecule has 0 aliphatic rings. The molecule has 11 rings (SSSR count). The minimum Gasteiger partial charge on any atom is -0.248 e. The van der Waals surface area contributed by atoms with E-state index in [1.54, 1.807) is 0 Å². The maximum Gasteiger partial charge on any atom is 0.0722 e. The van der Waals surface area contributed by atoms with Gasteiger partial charge in [-0.1, -0.05) is 194 Å². The predicted octanol–water partition coefficient (Wildman–Crippen LogP) is 15.2. The van der Waals surface area contributed by atoms with E-state index in [1.165, 1.54) is 93.0 Å². The molecule has 0 saturated carbocycles. The molecule has 11 aromatic rings. The zero-order chi connectivity index (χ0) is 37.0. The van der Waals surface area contributed by atoms with Crippen molar-refractivity contribution in [2.24, 2.45) is 0 Å². The molecule has 0 unspecified atom stereocenters. The van der Waals surface area contributed by atoms with Crippen LogP contribution < -0.4 is 0 Å². The van der Waals surface area contributed by atoms with E-state index in [1.807, 2.05) is 0 Å². The minimum absolute atomic E-state index is 0.980. The van der Waals surface area contributed by atoms with Crippen LogP contribution in [0.3, 0.4) is 0 Å². The van der Waals surface area contributed by atoms with Crippen molar-refractivity contribution in [2.45, 2.75) is 0 Å². The van der Waals surface area contributed by atoms with Gasteiger partial charge in [0.2, 0.25) is 0 Å². The van der Waals surface area contributed by atoms with Crippen molar-refractivity contribution in [3.05, 3.63) is 212 Å². The second-order valence-electron chi connectivity index (χ2n) is 14.7. The van der Waals surface area contributed by atoms with Gasteiger partial charge in [-0.25, -0.2) is 4.98 Å². The number of aromatic nitrogens is 1. The van der Waals surface area contributed by atoms with Crippen LogP contribution in [0.5, 0.6) is 0 Å². The van der Waals surface area contributed by atoms with Crippen LogP contribution >= 0.6 is 0 Å². The molecular weight excluding hydrogens is 675 g/mol. The van der Waals surface area contributed by atoms with Crippen LogP contribution in [0.1, 0.15) is 0 Å². The maximum atomic E-state index is 5.15. The number of nitrogens with zero attached hydrogens (tertiary/aromatic N) is 1. The monoisotopic (exact) mass is 709 g/mol. The van der Waals surface area contributed by atoms with E-state index < -0.39 is 0 Å². The van der Waals surface area contributed by atoms with Crippen LogP contribution in [0.25, 0.3) is 110 Å². The van der Waals surface area contributed by atoms with E-state index in [9.17, 15) is 0 Å². The first-order valence-electron chi connectivity index (χ1n) is 19.3. The molecule has 1 heterocycles. The second kappa shape index (κ2) is 13.2. The Morgan fingerprint density at radius 2 is 0.732 bits per heavy atom. The predicted molar refractivity (Wildman–Crippen MR) is 239 cm³/mol. The van der Waals surface area contributed by atoms with E-state index in [2.05, 4.69) is 212 Å². The average molecular weight is 710 g/mol. The van der Waals surface area contributed by atoms with Crippen LogP contribution in [0.2, 0.25) is 0 Å². The first-order valence-corrected chi connectivity index (χ1v) is 19.3. The third-order valence-corrected chi connectivity index (χ3v) is 11.4. The van der Waals surface area contributed by atoms with Crippen LogP contribution in [0.4, 0.5) is 0 Å². The Kier molecular flexibility index (Phi) is 7.57. The highest BCUT2D eigenvalue weighted by Crippen LogP contribution is 2.44. The smallest absolute Gasteiger partial charge is 0.0722 e. The van der Waals surface area contributed by atoms with Gasteiger partial charge in [-0.3, -0.25) is 0 Å². The van der Waals surface area contributed by atoms with Gasteiger partial charge in [0, 0.05) is 10.9 Å². The van der Waals surface area contributed by atoms with Gasteiger partial charge in [0.15, 0.2) is 0 Å². The molecule has 0 bridgehead atoms. The fourth-order valence-corrected chi connectivity index (χ4v) is 8.76. The topological polar surface area (TPSA) is 12.9 Å². The van der Waals surface area contributed by atoms with Gasteiger partial charge in [0.05, 0.1) is 11.2 Å². The SMILES string of the molecule is c1ccc(-c2cc(-c3ccc(-c4ccc(-c5c6ccccc6c(-c6ccc7ccccc7c6)c6ccccc56)cc4)cc3)c3c(ccc4ccccc43)n2)cc1. The van der Waals surface area contributed by atoms with Crippen LogP contribution in [0, 0.1) is 0 Å². The molecule has 0 fully saturated rings. The van der Waals surface area contributed by atoms with Gasteiger partial charge in [-0.15, -0.1) is 0 Å². The first kappa shape index (κ1) is 32.1. The standard InChI is InChI=1S/C55H35N/c1-2-14-41(15-3-1)52-35-50(55-45-17-7-6-13-39(45)32-33-51(55)56-52)40-27-22-37(23-28-40)38-24-29-42(30-25-38)53-46-18-8-10-20-48(46)54(49-21-11-9-19-47(49)53)44-31-26-36-12-4-5-16-43(36)34-44/h1-35H. The number of hydrogen-bond acceptors (Lipinski definition) is 1. The molecule has 0 spiro atoms. The van der Waals surface area contributed by atoms with Crippen molar-refractivity contribution < 1.29 is 0 Å². The second-order valence-corrected chi connectivity index (χ2v) is 14.7. The number of hydrogen-bond donors (Lipinski definition) is 0. The zero-order valence-electron chi connectivity index (χ0n) is 30.7. The zero-order valence-corrected chi connectivity index (χ0v) is 30.7. The summed E-state index contributed by atoms with van der Waals surface area (Å²) in [6, 6.07) is 77.1. The van der Waals surface area contributed by atoms with E-state index in [-0.39, 0.29) is 0 Å². The summed E-state index contributed by atoms with van der Waals surface area (Å²) in [6.07, 6.45) is 0. The van der Waals surface area contributed by atoms with Gasteiger partial charge in [0.25, 0.3) is 0 Å². The maximum absolute atomic E-state index is 5.15. The Balaban J connectivity index is 1.00. The largest absolute Gasteiger partial charge is 0.248 e. The molecule has 1 aromatic heterocycles. The molecule has 56 heavy (non-hydrogen) atoms. The molecule has 0 aliphatic heterocycles. The lowest BCUT2D eigenvalue weighted by Crippen LogP contribution is -1.92.